The van der Waals surface area contributed by atoms with Gasteiger partial charge >= 0.3 is 0 Å². The van der Waals surface area contributed by atoms with E-state index in [1.165, 1.54) is 16.7 Å². The number of rotatable bonds is 6. The number of nitrogens with one attached hydrogen (secondary N) is 2. The Hall–Kier alpha value is -2.36. The third kappa shape index (κ3) is 6.81. The summed E-state index contributed by atoms with van der Waals surface area (Å²) in [6, 6.07) is 10.5. The Bertz CT molecular complexity index is 909. The van der Waals surface area contributed by atoms with Crippen molar-refractivity contribution in [2.24, 2.45) is 16.6 Å². The summed E-state index contributed by atoms with van der Waals surface area (Å²) >= 11 is 0. The highest BCUT2D eigenvalue weighted by Crippen LogP contribution is 2.24. The molecule has 0 radical (unpaired) electrons. The molecule has 0 aliphatic carbocycles. The molecule has 1 aromatic heterocycles. The number of anilines is 1. The molecule has 0 spiro atoms. The fourth-order valence-corrected chi connectivity index (χ4v) is 3.85. The number of carbonyl (C=O) groups is 1. The van der Waals surface area contributed by atoms with Crippen molar-refractivity contribution >= 4 is 41.7 Å². The van der Waals surface area contributed by atoms with Gasteiger partial charge in [-0.3, -0.25) is 9.79 Å². The number of aromatic nitrogens is 1. The lowest BCUT2D eigenvalue weighted by molar-refractivity contribution is -0.122. The molecular weight excluding hydrogens is 503 g/mol. The van der Waals surface area contributed by atoms with Crippen molar-refractivity contribution in [2.75, 3.05) is 25.0 Å². The molecule has 3 rings (SSSR count). The van der Waals surface area contributed by atoms with Gasteiger partial charge in [0.05, 0.1) is 0 Å². The third-order valence-corrected chi connectivity index (χ3v) is 5.68. The predicted molar refractivity (Wildman–Crippen MR) is 137 cm³/mol. The number of nitrogens with zero attached hydrogens (tertiary/aromatic N) is 3. The molecule has 1 aliphatic heterocycles. The number of carbonyl (C=O) groups excluding carboxylic acids is 1. The standard InChI is InChI=1S/C23H32N6O.HI/c1-16-6-7-19(17(2)13-16)14-27-23(25-3)28-15-20-5-4-10-26-22(20)29-11-8-18(9-12-29)21(24)30;/h4-7,10,13,18H,8-9,11-12,14-15H2,1-3H3,(H2,24,30)(H2,25,27,28);1H. The maximum Gasteiger partial charge on any atom is 0.220 e. The molecule has 2 aromatic rings. The van der Waals surface area contributed by atoms with Crippen LogP contribution in [-0.4, -0.2) is 37.0 Å². The topological polar surface area (TPSA) is 95.6 Å². The SMILES string of the molecule is CN=C(NCc1ccc(C)cc1C)NCc1cccnc1N1CCC(C(N)=O)CC1.I. The van der Waals surface area contributed by atoms with Gasteiger partial charge in [-0.1, -0.05) is 29.8 Å². The first kappa shape index (κ1) is 24.9. The van der Waals surface area contributed by atoms with Crippen LogP contribution < -0.4 is 21.3 Å². The van der Waals surface area contributed by atoms with Crippen LogP contribution in [0.25, 0.3) is 0 Å². The first-order valence-corrected chi connectivity index (χ1v) is 10.5. The van der Waals surface area contributed by atoms with Crippen molar-refractivity contribution < 1.29 is 4.79 Å². The summed E-state index contributed by atoms with van der Waals surface area (Å²) in [6.45, 7) is 7.14. The Morgan fingerprint density at radius 1 is 1.16 bits per heavy atom. The quantitative estimate of drug-likeness (QED) is 0.300. The van der Waals surface area contributed by atoms with E-state index in [-0.39, 0.29) is 35.8 Å². The second-order valence-electron chi connectivity index (χ2n) is 7.86. The number of guanidine groups is 1. The van der Waals surface area contributed by atoms with Crippen LogP contribution in [0.4, 0.5) is 5.82 Å². The van der Waals surface area contributed by atoms with Crippen molar-refractivity contribution in [1.82, 2.24) is 15.6 Å². The van der Waals surface area contributed by atoms with Crippen molar-refractivity contribution in [3.63, 3.8) is 0 Å². The Balaban J connectivity index is 0.00000341. The van der Waals surface area contributed by atoms with E-state index in [1.807, 2.05) is 12.3 Å². The maximum atomic E-state index is 11.4. The normalized spacial score (nSPS) is 14.7. The first-order valence-electron chi connectivity index (χ1n) is 10.5. The maximum absolute atomic E-state index is 11.4. The lowest BCUT2D eigenvalue weighted by Crippen LogP contribution is -2.40. The van der Waals surface area contributed by atoms with Crippen molar-refractivity contribution in [2.45, 2.75) is 39.8 Å². The zero-order valence-electron chi connectivity index (χ0n) is 18.5. The smallest absolute Gasteiger partial charge is 0.220 e. The van der Waals surface area contributed by atoms with Crippen molar-refractivity contribution in [1.29, 1.82) is 0 Å². The van der Waals surface area contributed by atoms with E-state index in [4.69, 9.17) is 5.73 Å². The number of pyridine rings is 1. The van der Waals surface area contributed by atoms with Gasteiger partial charge in [-0.2, -0.15) is 0 Å². The Morgan fingerprint density at radius 3 is 2.45 bits per heavy atom. The van der Waals surface area contributed by atoms with Gasteiger partial charge in [0.1, 0.15) is 5.82 Å². The van der Waals surface area contributed by atoms with Gasteiger partial charge < -0.3 is 21.3 Å². The van der Waals surface area contributed by atoms with Gasteiger partial charge in [-0.25, -0.2) is 4.98 Å². The number of piperidine rings is 1. The third-order valence-electron chi connectivity index (χ3n) is 5.68. The van der Waals surface area contributed by atoms with E-state index in [0.29, 0.717) is 13.1 Å². The highest BCUT2D eigenvalue weighted by atomic mass is 127. The number of hydrogen-bond donors (Lipinski definition) is 3. The van der Waals surface area contributed by atoms with Crippen molar-refractivity contribution in [3.8, 4) is 0 Å². The highest BCUT2D eigenvalue weighted by Gasteiger charge is 2.24. The summed E-state index contributed by atoms with van der Waals surface area (Å²) in [6.07, 6.45) is 3.36. The average Bonchev–Trinajstić information content (AvgIpc) is 2.75. The largest absolute Gasteiger partial charge is 0.369 e. The van der Waals surface area contributed by atoms with Crippen LogP contribution in [0.15, 0.2) is 41.5 Å². The van der Waals surface area contributed by atoms with Crippen LogP contribution in [0.2, 0.25) is 0 Å². The Morgan fingerprint density at radius 2 is 1.84 bits per heavy atom. The van der Waals surface area contributed by atoms with E-state index < -0.39 is 0 Å². The Kier molecular flexibility index (Phi) is 9.54. The molecule has 8 heteroatoms. The second-order valence-corrected chi connectivity index (χ2v) is 7.86. The molecule has 0 unspecified atom stereocenters. The lowest BCUT2D eigenvalue weighted by Gasteiger charge is -2.32. The summed E-state index contributed by atoms with van der Waals surface area (Å²) in [5, 5.41) is 6.78. The van der Waals surface area contributed by atoms with Gasteiger partial charge in [-0.05, 0) is 43.9 Å². The molecule has 1 saturated heterocycles. The number of halogens is 1. The minimum atomic E-state index is -0.198. The van der Waals surface area contributed by atoms with Gasteiger partial charge in [0, 0.05) is 50.9 Å². The summed E-state index contributed by atoms with van der Waals surface area (Å²) < 4.78 is 0. The fourth-order valence-electron chi connectivity index (χ4n) is 3.85. The number of amides is 1. The fraction of sp³-hybridized carbons (Fsp3) is 0.435. The molecule has 168 valence electrons. The predicted octanol–water partition coefficient (Wildman–Crippen LogP) is 2.88. The van der Waals surface area contributed by atoms with E-state index in [2.05, 4.69) is 63.6 Å². The van der Waals surface area contributed by atoms with Gasteiger partial charge in [0.25, 0.3) is 0 Å². The van der Waals surface area contributed by atoms with Gasteiger partial charge in [0.15, 0.2) is 5.96 Å². The molecule has 4 N–H and O–H groups in total. The summed E-state index contributed by atoms with van der Waals surface area (Å²) in [5.74, 6) is 1.48. The average molecular weight is 536 g/mol. The van der Waals surface area contributed by atoms with Gasteiger partial charge in [0.2, 0.25) is 5.91 Å². The molecular formula is C23H33IN6O. The number of benzene rings is 1. The van der Waals surface area contributed by atoms with Crippen LogP contribution in [0, 0.1) is 19.8 Å². The summed E-state index contributed by atoms with van der Waals surface area (Å²) in [5.41, 5.74) is 10.4. The van der Waals surface area contributed by atoms with Crippen LogP contribution in [0.1, 0.15) is 35.1 Å². The van der Waals surface area contributed by atoms with Crippen LogP contribution in [0.5, 0.6) is 0 Å². The molecule has 31 heavy (non-hydrogen) atoms. The number of aliphatic imine (C=N–C) groups is 1. The molecule has 7 nitrogen and oxygen atoms in total. The zero-order chi connectivity index (χ0) is 21.5. The summed E-state index contributed by atoms with van der Waals surface area (Å²) in [7, 11) is 1.77. The van der Waals surface area contributed by atoms with Crippen LogP contribution in [0.3, 0.4) is 0 Å². The summed E-state index contributed by atoms with van der Waals surface area (Å²) in [4.78, 5) is 22.6. The molecule has 0 bridgehead atoms. The van der Waals surface area contributed by atoms with E-state index in [9.17, 15) is 4.79 Å². The van der Waals surface area contributed by atoms with Crippen molar-refractivity contribution in [3.05, 3.63) is 58.8 Å². The molecule has 1 aromatic carbocycles. The Labute approximate surface area is 201 Å². The number of hydrogen-bond acceptors (Lipinski definition) is 4. The first-order chi connectivity index (χ1) is 14.5. The van der Waals surface area contributed by atoms with Gasteiger partial charge in [-0.15, -0.1) is 24.0 Å². The highest BCUT2D eigenvalue weighted by molar-refractivity contribution is 14.0. The monoisotopic (exact) mass is 536 g/mol. The van der Waals surface area contributed by atoms with Crippen LogP contribution >= 0.6 is 24.0 Å². The zero-order valence-corrected chi connectivity index (χ0v) is 20.8. The van der Waals surface area contributed by atoms with E-state index in [1.54, 1.807) is 7.05 Å². The number of nitrogens with two attached hydrogens (primary N) is 1. The van der Waals surface area contributed by atoms with E-state index >= 15 is 0 Å². The molecule has 1 amide bonds. The second kappa shape index (κ2) is 11.9. The molecule has 0 saturated carbocycles. The van der Waals surface area contributed by atoms with Crippen LogP contribution in [-0.2, 0) is 17.9 Å². The molecule has 2 heterocycles. The number of aryl methyl sites for hydroxylation is 2. The molecule has 0 atom stereocenters. The molecule has 1 aliphatic rings. The minimum absolute atomic E-state index is 0. The van der Waals surface area contributed by atoms with E-state index in [0.717, 1.165) is 43.3 Å². The minimum Gasteiger partial charge on any atom is -0.369 e. The number of primary amides is 1. The molecule has 1 fully saturated rings. The lowest BCUT2D eigenvalue weighted by atomic mass is 9.96.